The van der Waals surface area contributed by atoms with Crippen LogP contribution in [0.15, 0.2) is 24.3 Å². The minimum atomic E-state index is -0.104. The molecular weight excluding hydrogens is 345 g/mol. The molecule has 28 heavy (non-hydrogen) atoms. The van der Waals surface area contributed by atoms with E-state index in [1.807, 2.05) is 12.1 Å². The highest BCUT2D eigenvalue weighted by Gasteiger charge is 2.60. The molecular formula is C26H38FN. The zero-order chi connectivity index (χ0) is 19.5. The minimum absolute atomic E-state index is 0.104. The third-order valence-corrected chi connectivity index (χ3v) is 10.1. The SMILES string of the molecule is C[C@H]1CC[C@@]2(C)C(CCC3C4CC[C@H](Nc5ccccc5F)C4(C)CCC32)C1. The minimum Gasteiger partial charge on any atom is -0.379 e. The van der Waals surface area contributed by atoms with Crippen LogP contribution < -0.4 is 5.32 Å². The van der Waals surface area contributed by atoms with E-state index in [1.54, 1.807) is 12.1 Å². The van der Waals surface area contributed by atoms with E-state index in [2.05, 4.69) is 26.1 Å². The van der Waals surface area contributed by atoms with Crippen molar-refractivity contribution in [2.75, 3.05) is 5.32 Å². The molecule has 1 aromatic rings. The monoisotopic (exact) mass is 383 g/mol. The first kappa shape index (κ1) is 18.9. The van der Waals surface area contributed by atoms with Crippen LogP contribution in [0.5, 0.6) is 0 Å². The van der Waals surface area contributed by atoms with Crippen LogP contribution in [0.1, 0.15) is 78.6 Å². The smallest absolute Gasteiger partial charge is 0.146 e. The number of hydrogen-bond acceptors (Lipinski definition) is 1. The van der Waals surface area contributed by atoms with E-state index in [0.717, 1.165) is 29.6 Å². The lowest BCUT2D eigenvalue weighted by molar-refractivity contribution is -0.111. The first-order valence-electron chi connectivity index (χ1n) is 11.9. The molecule has 4 aliphatic carbocycles. The van der Waals surface area contributed by atoms with Gasteiger partial charge in [-0.05, 0) is 104 Å². The molecule has 0 spiro atoms. The van der Waals surface area contributed by atoms with Crippen LogP contribution in [-0.2, 0) is 0 Å². The van der Waals surface area contributed by atoms with Crippen LogP contribution >= 0.6 is 0 Å². The normalized spacial score (nSPS) is 47.7. The van der Waals surface area contributed by atoms with E-state index >= 15 is 0 Å². The number of anilines is 1. The maximum Gasteiger partial charge on any atom is 0.146 e. The van der Waals surface area contributed by atoms with Gasteiger partial charge in [-0.2, -0.15) is 0 Å². The van der Waals surface area contributed by atoms with Gasteiger partial charge < -0.3 is 5.32 Å². The Labute approximate surface area is 170 Å². The molecule has 0 radical (unpaired) electrons. The molecule has 5 unspecified atom stereocenters. The number of nitrogens with one attached hydrogen (secondary N) is 1. The quantitative estimate of drug-likeness (QED) is 0.565. The summed E-state index contributed by atoms with van der Waals surface area (Å²) in [5, 5.41) is 3.64. The topological polar surface area (TPSA) is 12.0 Å². The van der Waals surface area contributed by atoms with Crippen molar-refractivity contribution < 1.29 is 4.39 Å². The van der Waals surface area contributed by atoms with Crippen molar-refractivity contribution in [3.05, 3.63) is 30.1 Å². The van der Waals surface area contributed by atoms with Crippen LogP contribution in [0.2, 0.25) is 0 Å². The average Bonchev–Trinajstić information content (AvgIpc) is 3.01. The molecule has 0 aromatic heterocycles. The average molecular weight is 384 g/mol. The van der Waals surface area contributed by atoms with Gasteiger partial charge in [0.15, 0.2) is 0 Å². The molecule has 0 amide bonds. The fourth-order valence-corrected chi connectivity index (χ4v) is 8.48. The number of rotatable bonds is 2. The summed E-state index contributed by atoms with van der Waals surface area (Å²) < 4.78 is 14.3. The summed E-state index contributed by atoms with van der Waals surface area (Å²) >= 11 is 0. The van der Waals surface area contributed by atoms with Gasteiger partial charge in [0.1, 0.15) is 5.82 Å². The molecule has 4 aliphatic rings. The predicted molar refractivity (Wildman–Crippen MR) is 115 cm³/mol. The van der Waals surface area contributed by atoms with Crippen molar-refractivity contribution >= 4 is 5.69 Å². The van der Waals surface area contributed by atoms with E-state index in [9.17, 15) is 4.39 Å². The zero-order valence-corrected chi connectivity index (χ0v) is 18.0. The third kappa shape index (κ3) is 2.76. The van der Waals surface area contributed by atoms with Gasteiger partial charge in [-0.25, -0.2) is 4.39 Å². The Kier molecular flexibility index (Phi) is 4.56. The Morgan fingerprint density at radius 2 is 1.64 bits per heavy atom. The molecule has 0 heterocycles. The van der Waals surface area contributed by atoms with Gasteiger partial charge in [-0.15, -0.1) is 0 Å². The van der Waals surface area contributed by atoms with Gasteiger partial charge in [0, 0.05) is 6.04 Å². The lowest BCUT2D eigenvalue weighted by Crippen LogP contribution is -2.54. The lowest BCUT2D eigenvalue weighted by Gasteiger charge is -2.61. The van der Waals surface area contributed by atoms with Crippen molar-refractivity contribution in [2.45, 2.75) is 84.6 Å². The van der Waals surface area contributed by atoms with Crippen LogP contribution in [0, 0.1) is 46.2 Å². The number of hydrogen-bond donors (Lipinski definition) is 1. The lowest BCUT2D eigenvalue weighted by atomic mass is 9.44. The summed E-state index contributed by atoms with van der Waals surface area (Å²) in [7, 11) is 0. The van der Waals surface area contributed by atoms with Crippen LogP contribution in [0.3, 0.4) is 0 Å². The first-order valence-corrected chi connectivity index (χ1v) is 11.9. The fourth-order valence-electron chi connectivity index (χ4n) is 8.48. The molecule has 8 atom stereocenters. The second-order valence-corrected chi connectivity index (χ2v) is 11.3. The van der Waals surface area contributed by atoms with Crippen molar-refractivity contribution in [1.29, 1.82) is 0 Å². The summed E-state index contributed by atoms with van der Waals surface area (Å²) in [5.41, 5.74) is 1.62. The van der Waals surface area contributed by atoms with Crippen molar-refractivity contribution in [3.63, 3.8) is 0 Å². The van der Waals surface area contributed by atoms with Crippen molar-refractivity contribution in [3.8, 4) is 0 Å². The summed E-state index contributed by atoms with van der Waals surface area (Å²) in [6.45, 7) is 7.66. The Morgan fingerprint density at radius 3 is 2.46 bits per heavy atom. The highest BCUT2D eigenvalue weighted by molar-refractivity contribution is 5.46. The van der Waals surface area contributed by atoms with Crippen LogP contribution in [-0.4, -0.2) is 6.04 Å². The van der Waals surface area contributed by atoms with Gasteiger partial charge in [0.2, 0.25) is 0 Å². The van der Waals surface area contributed by atoms with E-state index in [0.29, 0.717) is 22.6 Å². The Morgan fingerprint density at radius 1 is 0.893 bits per heavy atom. The van der Waals surface area contributed by atoms with E-state index in [4.69, 9.17) is 0 Å². The number of fused-ring (bicyclic) bond motifs is 5. The second kappa shape index (κ2) is 6.74. The fraction of sp³-hybridized carbons (Fsp3) is 0.769. The second-order valence-electron chi connectivity index (χ2n) is 11.3. The highest BCUT2D eigenvalue weighted by atomic mass is 19.1. The summed E-state index contributed by atoms with van der Waals surface area (Å²) in [4.78, 5) is 0. The summed E-state index contributed by atoms with van der Waals surface area (Å²) in [6, 6.07) is 7.65. The van der Waals surface area contributed by atoms with E-state index < -0.39 is 0 Å². The highest BCUT2D eigenvalue weighted by Crippen LogP contribution is 2.66. The molecule has 1 N–H and O–H groups in total. The largest absolute Gasteiger partial charge is 0.379 e. The standard InChI is InChI=1S/C26H38FN/c1-17-12-14-25(2)18(16-17)8-9-19-20-10-11-24(26(20,3)15-13-21(19)25)28-23-7-5-4-6-22(23)27/h4-7,17-21,24,28H,8-16H2,1-3H3/t17-,18?,19?,20?,21?,24-,25-,26?/m0/s1. The maximum atomic E-state index is 14.3. The molecule has 2 heteroatoms. The molecule has 0 bridgehead atoms. The summed E-state index contributed by atoms with van der Waals surface area (Å²) in [6.07, 6.45) is 12.5. The molecule has 0 saturated heterocycles. The molecule has 154 valence electrons. The molecule has 4 saturated carbocycles. The van der Waals surface area contributed by atoms with E-state index in [1.165, 1.54) is 57.8 Å². The van der Waals surface area contributed by atoms with Gasteiger partial charge in [-0.3, -0.25) is 0 Å². The number of para-hydroxylation sites is 1. The predicted octanol–water partition coefficient (Wildman–Crippen LogP) is 7.29. The first-order chi connectivity index (χ1) is 13.4. The Bertz CT molecular complexity index is 731. The molecule has 1 nitrogen and oxygen atoms in total. The summed E-state index contributed by atoms with van der Waals surface area (Å²) in [5.74, 6) is 4.46. The number of benzene rings is 1. The van der Waals surface area contributed by atoms with Gasteiger partial charge in [0.25, 0.3) is 0 Å². The number of halogens is 1. The Balaban J connectivity index is 1.37. The zero-order valence-electron chi connectivity index (χ0n) is 18.0. The molecule has 5 rings (SSSR count). The van der Waals surface area contributed by atoms with Crippen molar-refractivity contribution in [2.24, 2.45) is 40.4 Å². The Hall–Kier alpha value is -1.05. The molecule has 4 fully saturated rings. The van der Waals surface area contributed by atoms with Crippen LogP contribution in [0.25, 0.3) is 0 Å². The molecule has 1 aromatic carbocycles. The van der Waals surface area contributed by atoms with Gasteiger partial charge in [0.05, 0.1) is 5.69 Å². The van der Waals surface area contributed by atoms with Gasteiger partial charge >= 0.3 is 0 Å². The van der Waals surface area contributed by atoms with Gasteiger partial charge in [-0.1, -0.05) is 39.3 Å². The van der Waals surface area contributed by atoms with Crippen LogP contribution in [0.4, 0.5) is 10.1 Å². The molecule has 0 aliphatic heterocycles. The van der Waals surface area contributed by atoms with E-state index in [-0.39, 0.29) is 5.82 Å². The van der Waals surface area contributed by atoms with Crippen molar-refractivity contribution in [1.82, 2.24) is 0 Å². The maximum absolute atomic E-state index is 14.3. The third-order valence-electron chi connectivity index (χ3n) is 10.1.